The number of aromatic nitrogens is 2. The molecule has 0 spiro atoms. The molecular weight excluding hydrogens is 454 g/mol. The van der Waals surface area contributed by atoms with Gasteiger partial charge in [-0.1, -0.05) is 0 Å². The van der Waals surface area contributed by atoms with Crippen LogP contribution in [0.25, 0.3) is 0 Å². The number of halogens is 4. The zero-order valence-electron chi connectivity index (χ0n) is 18.4. The van der Waals surface area contributed by atoms with Crippen molar-refractivity contribution in [1.82, 2.24) is 9.97 Å². The molecule has 1 heterocycles. The van der Waals surface area contributed by atoms with Crippen LogP contribution < -0.4 is 10.1 Å². The average Bonchev–Trinajstić information content (AvgIpc) is 3.52. The Balaban J connectivity index is 1.61. The maximum atomic E-state index is 14.0. The minimum absolute atomic E-state index is 0.0605. The average molecular weight is 475 g/mol. The number of hydrogen-bond donors (Lipinski definition) is 1. The summed E-state index contributed by atoms with van der Waals surface area (Å²) in [5.41, 5.74) is -0.262. The fraction of sp³-hybridized carbons (Fsp3) is 0.292. The molecule has 34 heavy (non-hydrogen) atoms. The number of amides is 1. The molecule has 2 unspecified atom stereocenters. The molecule has 0 bridgehead atoms. The lowest BCUT2D eigenvalue weighted by Crippen LogP contribution is -2.27. The number of aryl methyl sites for hydroxylation is 1. The molecule has 0 saturated heterocycles. The van der Waals surface area contributed by atoms with Gasteiger partial charge in [-0.15, -0.1) is 0 Å². The summed E-state index contributed by atoms with van der Waals surface area (Å²) in [6.07, 6.45) is 1.69. The second-order valence-corrected chi connectivity index (χ2v) is 8.14. The van der Waals surface area contributed by atoms with Crippen LogP contribution >= 0.6 is 0 Å². The highest BCUT2D eigenvalue weighted by Gasteiger charge is 2.60. The van der Waals surface area contributed by atoms with E-state index in [9.17, 15) is 22.4 Å². The largest absolute Gasteiger partial charge is 0.489 e. The minimum Gasteiger partial charge on any atom is -0.489 e. The maximum absolute atomic E-state index is 14.0. The minimum atomic E-state index is -1.11. The van der Waals surface area contributed by atoms with Gasteiger partial charge in [-0.05, 0) is 43.2 Å². The highest BCUT2D eigenvalue weighted by atomic mass is 19.2. The summed E-state index contributed by atoms with van der Waals surface area (Å²) < 4.78 is 65.9. The van der Waals surface area contributed by atoms with Crippen molar-refractivity contribution in [3.8, 4) is 5.75 Å². The van der Waals surface area contributed by atoms with Crippen molar-refractivity contribution in [3.63, 3.8) is 0 Å². The highest BCUT2D eigenvalue weighted by molar-refractivity contribution is 5.96. The van der Waals surface area contributed by atoms with Crippen LogP contribution in [0.3, 0.4) is 0 Å². The van der Waals surface area contributed by atoms with E-state index in [1.165, 1.54) is 19.4 Å². The Kier molecular flexibility index (Phi) is 6.52. The maximum Gasteiger partial charge on any atom is 0.228 e. The third-order valence-corrected chi connectivity index (χ3v) is 5.73. The van der Waals surface area contributed by atoms with Crippen LogP contribution in [0, 0.1) is 36.1 Å². The molecule has 4 rings (SSSR count). The fourth-order valence-corrected chi connectivity index (χ4v) is 3.93. The topological polar surface area (TPSA) is 73.3 Å². The number of rotatable bonds is 8. The molecule has 2 aromatic carbocycles. The van der Waals surface area contributed by atoms with Crippen LogP contribution in [0.15, 0.2) is 42.6 Å². The van der Waals surface area contributed by atoms with Gasteiger partial charge in [0.2, 0.25) is 5.91 Å². The zero-order chi connectivity index (χ0) is 24.5. The van der Waals surface area contributed by atoms with Crippen molar-refractivity contribution in [2.24, 2.45) is 5.92 Å². The molecule has 2 atom stereocenters. The third kappa shape index (κ3) is 4.86. The second-order valence-electron chi connectivity index (χ2n) is 8.14. The van der Waals surface area contributed by atoms with Crippen LogP contribution in [0.2, 0.25) is 0 Å². The Labute approximate surface area is 192 Å². The number of nitrogens with zero attached hydrogens (tertiary/aromatic N) is 2. The molecule has 1 saturated carbocycles. The molecule has 1 aliphatic carbocycles. The Hall–Kier alpha value is -3.53. The lowest BCUT2D eigenvalue weighted by molar-refractivity contribution is -0.117. The van der Waals surface area contributed by atoms with E-state index in [0.29, 0.717) is 17.3 Å². The summed E-state index contributed by atoms with van der Waals surface area (Å²) in [7, 11) is 1.50. The second kappa shape index (κ2) is 9.38. The Morgan fingerprint density at radius 2 is 1.85 bits per heavy atom. The van der Waals surface area contributed by atoms with Crippen molar-refractivity contribution in [1.29, 1.82) is 0 Å². The molecule has 0 radical (unpaired) electrons. The van der Waals surface area contributed by atoms with Gasteiger partial charge in [0.25, 0.3) is 0 Å². The van der Waals surface area contributed by atoms with Gasteiger partial charge in [0, 0.05) is 30.3 Å². The summed E-state index contributed by atoms with van der Waals surface area (Å²) >= 11 is 0. The molecule has 1 N–H and O–H groups in total. The number of ether oxygens (including phenoxy) is 2. The van der Waals surface area contributed by atoms with E-state index in [0.717, 1.165) is 30.3 Å². The third-order valence-electron chi connectivity index (χ3n) is 5.73. The lowest BCUT2D eigenvalue weighted by Gasteiger charge is -2.20. The van der Waals surface area contributed by atoms with Gasteiger partial charge in [-0.25, -0.2) is 27.5 Å². The van der Waals surface area contributed by atoms with E-state index >= 15 is 0 Å². The number of nitrogens with one attached hydrogen (secondary N) is 1. The smallest absolute Gasteiger partial charge is 0.228 e. The van der Waals surface area contributed by atoms with E-state index in [1.54, 1.807) is 6.92 Å². The summed E-state index contributed by atoms with van der Waals surface area (Å²) in [4.78, 5) is 21.3. The molecule has 1 aromatic heterocycles. The first kappa shape index (κ1) is 23.6. The normalized spacial score (nSPS) is 19.1. The molecule has 178 valence electrons. The quantitative estimate of drug-likeness (QED) is 0.487. The summed E-state index contributed by atoms with van der Waals surface area (Å²) in [6, 6.07) is 6.01. The number of hydrogen-bond acceptors (Lipinski definition) is 5. The Morgan fingerprint density at radius 3 is 2.53 bits per heavy atom. The SMILES string of the molecule is COCc1nc(C)ncc1OCC1(c2cc(F)cc(F)c2)CC1C(=O)Nc1ccc(F)c(F)c1. The molecule has 3 aromatic rings. The van der Waals surface area contributed by atoms with Crippen LogP contribution in [-0.4, -0.2) is 29.6 Å². The summed E-state index contributed by atoms with van der Waals surface area (Å²) in [5, 5.41) is 2.53. The van der Waals surface area contributed by atoms with Gasteiger partial charge in [0.05, 0.1) is 25.3 Å². The van der Waals surface area contributed by atoms with Crippen molar-refractivity contribution >= 4 is 11.6 Å². The van der Waals surface area contributed by atoms with Crippen molar-refractivity contribution in [2.75, 3.05) is 19.0 Å². The Morgan fingerprint density at radius 1 is 1.12 bits per heavy atom. The highest BCUT2D eigenvalue weighted by Crippen LogP contribution is 2.55. The van der Waals surface area contributed by atoms with Crippen molar-refractivity contribution in [3.05, 3.63) is 82.9 Å². The van der Waals surface area contributed by atoms with Gasteiger partial charge in [0.1, 0.15) is 23.2 Å². The molecular formula is C24H21F4N3O3. The number of anilines is 1. The molecule has 1 fully saturated rings. The standard InChI is InChI=1S/C24H21F4N3O3/c1-13-29-10-22(21(30-13)11-33-2)34-12-24(14-5-15(25)7-16(26)6-14)9-18(24)23(32)31-17-3-4-19(27)20(28)8-17/h3-8,10,18H,9,11-12H2,1-2H3,(H,31,32). The first-order valence-electron chi connectivity index (χ1n) is 10.4. The number of carbonyl (C=O) groups excluding carboxylic acids is 1. The zero-order valence-corrected chi connectivity index (χ0v) is 18.4. The van der Waals surface area contributed by atoms with Gasteiger partial charge >= 0.3 is 0 Å². The van der Waals surface area contributed by atoms with E-state index in [1.807, 2.05) is 0 Å². The van der Waals surface area contributed by atoms with Crippen LogP contribution in [0.4, 0.5) is 23.2 Å². The first-order valence-corrected chi connectivity index (χ1v) is 10.4. The fourth-order valence-electron chi connectivity index (χ4n) is 3.93. The lowest BCUT2D eigenvalue weighted by atomic mass is 9.93. The van der Waals surface area contributed by atoms with Gasteiger partial charge in [0.15, 0.2) is 17.4 Å². The van der Waals surface area contributed by atoms with Crippen LogP contribution in [0.1, 0.15) is 23.5 Å². The van der Waals surface area contributed by atoms with E-state index < -0.39 is 40.5 Å². The predicted octanol–water partition coefficient (Wildman–Crippen LogP) is 4.46. The van der Waals surface area contributed by atoms with Gasteiger partial charge < -0.3 is 14.8 Å². The van der Waals surface area contributed by atoms with Crippen molar-refractivity contribution < 1.29 is 31.8 Å². The van der Waals surface area contributed by atoms with E-state index in [-0.39, 0.29) is 30.9 Å². The molecule has 1 amide bonds. The molecule has 10 heteroatoms. The van der Waals surface area contributed by atoms with Crippen LogP contribution in [0.5, 0.6) is 5.75 Å². The number of benzene rings is 2. The number of carbonyl (C=O) groups is 1. The molecule has 1 aliphatic rings. The summed E-state index contributed by atoms with van der Waals surface area (Å²) in [6.45, 7) is 1.76. The monoisotopic (exact) mass is 475 g/mol. The van der Waals surface area contributed by atoms with E-state index in [4.69, 9.17) is 9.47 Å². The Bertz CT molecular complexity index is 1220. The van der Waals surface area contributed by atoms with Gasteiger partial charge in [-0.3, -0.25) is 4.79 Å². The molecule has 0 aliphatic heterocycles. The van der Waals surface area contributed by atoms with Gasteiger partial charge in [-0.2, -0.15) is 0 Å². The van der Waals surface area contributed by atoms with Crippen LogP contribution in [-0.2, 0) is 21.6 Å². The summed E-state index contributed by atoms with van der Waals surface area (Å²) in [5.74, 6) is -4.17. The van der Waals surface area contributed by atoms with Crippen molar-refractivity contribution in [2.45, 2.75) is 25.4 Å². The molecule has 6 nitrogen and oxygen atoms in total. The van der Waals surface area contributed by atoms with E-state index in [2.05, 4.69) is 15.3 Å². The predicted molar refractivity (Wildman–Crippen MR) is 114 cm³/mol. The number of methoxy groups -OCH3 is 1. The first-order chi connectivity index (χ1) is 16.2.